The second-order valence-corrected chi connectivity index (χ2v) is 6.88. The van der Waals surface area contributed by atoms with E-state index in [0.29, 0.717) is 12.3 Å². The molecule has 0 spiro atoms. The third kappa shape index (κ3) is 4.71. The maximum atomic E-state index is 12.1. The minimum atomic E-state index is -0.178. The van der Waals surface area contributed by atoms with Gasteiger partial charge in [0.25, 0.3) is 5.91 Å². The van der Waals surface area contributed by atoms with Crippen molar-refractivity contribution in [2.45, 2.75) is 46.1 Å². The number of ether oxygens (including phenoxy) is 1. The van der Waals surface area contributed by atoms with Crippen molar-refractivity contribution in [2.75, 3.05) is 13.1 Å². The van der Waals surface area contributed by atoms with Gasteiger partial charge in [0.2, 0.25) is 0 Å². The lowest BCUT2D eigenvalue weighted by atomic mass is 10.1. The molecule has 25 heavy (non-hydrogen) atoms. The first-order chi connectivity index (χ1) is 12.0. The highest BCUT2D eigenvalue weighted by atomic mass is 16.5. The van der Waals surface area contributed by atoms with Gasteiger partial charge in [-0.3, -0.25) is 9.69 Å². The van der Waals surface area contributed by atoms with Crippen molar-refractivity contribution in [1.82, 2.24) is 10.2 Å². The molecule has 0 unspecified atom stereocenters. The molecule has 1 amide bonds. The van der Waals surface area contributed by atoms with Crippen LogP contribution in [0, 0.1) is 6.92 Å². The normalized spacial score (nSPS) is 21.2. The van der Waals surface area contributed by atoms with Gasteiger partial charge in [0, 0.05) is 31.7 Å². The standard InChI is InChI=1S/C20H26N2O3/c1-14-8-9-24-19(14)20(23)21-10-17-4-6-18(7-5-17)13-22-11-15(2)25-16(3)12-22/h4-9,15-16H,10-13H2,1-3H3,(H,21,23)/t15-,16+. The van der Waals surface area contributed by atoms with Gasteiger partial charge in [-0.2, -0.15) is 0 Å². The topological polar surface area (TPSA) is 54.7 Å². The second-order valence-electron chi connectivity index (χ2n) is 6.88. The number of rotatable bonds is 5. The van der Waals surface area contributed by atoms with Gasteiger partial charge in [0.05, 0.1) is 18.5 Å². The highest BCUT2D eigenvalue weighted by Gasteiger charge is 2.21. The Labute approximate surface area is 149 Å². The van der Waals surface area contributed by atoms with Crippen LogP contribution in [0.15, 0.2) is 41.0 Å². The Morgan fingerprint density at radius 2 is 1.76 bits per heavy atom. The van der Waals surface area contributed by atoms with Gasteiger partial charge >= 0.3 is 0 Å². The number of carbonyl (C=O) groups is 1. The van der Waals surface area contributed by atoms with Crippen LogP contribution >= 0.6 is 0 Å². The molecule has 2 aromatic rings. The van der Waals surface area contributed by atoms with Gasteiger partial charge in [-0.25, -0.2) is 0 Å². The summed E-state index contributed by atoms with van der Waals surface area (Å²) >= 11 is 0. The largest absolute Gasteiger partial charge is 0.459 e. The van der Waals surface area contributed by atoms with E-state index in [1.807, 2.05) is 6.92 Å². The SMILES string of the molecule is Cc1ccoc1C(=O)NCc1ccc(CN2C[C@@H](C)O[C@@H](C)C2)cc1. The van der Waals surface area contributed by atoms with Crippen LogP contribution in [0.25, 0.3) is 0 Å². The summed E-state index contributed by atoms with van der Waals surface area (Å²) in [6.07, 6.45) is 2.10. The van der Waals surface area contributed by atoms with E-state index in [9.17, 15) is 4.79 Å². The number of hydrogen-bond acceptors (Lipinski definition) is 4. The van der Waals surface area contributed by atoms with Gasteiger partial charge in [-0.05, 0) is 38.0 Å². The van der Waals surface area contributed by atoms with Crippen LogP contribution in [0.3, 0.4) is 0 Å². The number of aryl methyl sites for hydroxylation is 1. The molecular formula is C20H26N2O3. The molecule has 0 aliphatic carbocycles. The molecule has 1 aromatic carbocycles. The molecule has 2 heterocycles. The van der Waals surface area contributed by atoms with Crippen LogP contribution in [0.2, 0.25) is 0 Å². The van der Waals surface area contributed by atoms with Crippen LogP contribution in [-0.4, -0.2) is 36.1 Å². The number of morpholine rings is 1. The lowest BCUT2D eigenvalue weighted by molar-refractivity contribution is -0.0704. The van der Waals surface area contributed by atoms with Crippen LogP contribution < -0.4 is 5.32 Å². The maximum absolute atomic E-state index is 12.1. The number of amides is 1. The third-order valence-electron chi connectivity index (χ3n) is 4.45. The number of nitrogens with zero attached hydrogens (tertiary/aromatic N) is 1. The minimum Gasteiger partial charge on any atom is -0.459 e. The summed E-state index contributed by atoms with van der Waals surface area (Å²) in [5.41, 5.74) is 3.20. The third-order valence-corrected chi connectivity index (χ3v) is 4.45. The van der Waals surface area contributed by atoms with Gasteiger partial charge in [0.1, 0.15) is 0 Å². The molecule has 1 aromatic heterocycles. The molecule has 1 fully saturated rings. The molecule has 134 valence electrons. The molecule has 2 atom stereocenters. The molecule has 1 saturated heterocycles. The Morgan fingerprint density at radius 1 is 1.12 bits per heavy atom. The number of benzene rings is 1. The molecular weight excluding hydrogens is 316 g/mol. The van der Waals surface area contributed by atoms with Crippen LogP contribution in [0.4, 0.5) is 0 Å². The predicted octanol–water partition coefficient (Wildman–Crippen LogP) is 3.13. The molecule has 0 saturated carbocycles. The van der Waals surface area contributed by atoms with Gasteiger partial charge in [-0.15, -0.1) is 0 Å². The summed E-state index contributed by atoms with van der Waals surface area (Å²) in [4.78, 5) is 14.5. The van der Waals surface area contributed by atoms with Crippen LogP contribution in [0.1, 0.15) is 41.1 Å². The molecule has 5 nitrogen and oxygen atoms in total. The molecule has 3 rings (SSSR count). The van der Waals surface area contributed by atoms with Crippen molar-refractivity contribution in [3.05, 3.63) is 59.0 Å². The van der Waals surface area contributed by atoms with E-state index in [2.05, 4.69) is 48.3 Å². The Bertz CT molecular complexity index is 698. The molecule has 0 bridgehead atoms. The van der Waals surface area contributed by atoms with Crippen molar-refractivity contribution in [2.24, 2.45) is 0 Å². The monoisotopic (exact) mass is 342 g/mol. The van der Waals surface area contributed by atoms with Crippen molar-refractivity contribution in [3.63, 3.8) is 0 Å². The van der Waals surface area contributed by atoms with Crippen LogP contribution in [-0.2, 0) is 17.8 Å². The van der Waals surface area contributed by atoms with E-state index in [0.717, 1.165) is 30.8 Å². The van der Waals surface area contributed by atoms with E-state index in [1.54, 1.807) is 6.07 Å². The summed E-state index contributed by atoms with van der Waals surface area (Å²) in [5.74, 6) is 0.204. The average molecular weight is 342 g/mol. The fraction of sp³-hybridized carbons (Fsp3) is 0.450. The Kier molecular flexibility index (Phi) is 5.56. The zero-order valence-electron chi connectivity index (χ0n) is 15.1. The summed E-state index contributed by atoms with van der Waals surface area (Å²) in [5, 5.41) is 2.89. The number of hydrogen-bond donors (Lipinski definition) is 1. The smallest absolute Gasteiger partial charge is 0.287 e. The first-order valence-corrected chi connectivity index (χ1v) is 8.79. The highest BCUT2D eigenvalue weighted by molar-refractivity contribution is 5.92. The molecule has 1 aliphatic heterocycles. The fourth-order valence-corrected chi connectivity index (χ4v) is 3.30. The number of nitrogens with one attached hydrogen (secondary N) is 1. The molecule has 5 heteroatoms. The van der Waals surface area contributed by atoms with Gasteiger partial charge in [0.15, 0.2) is 5.76 Å². The second kappa shape index (κ2) is 7.85. The van der Waals surface area contributed by atoms with Crippen molar-refractivity contribution in [1.29, 1.82) is 0 Å². The average Bonchev–Trinajstić information content (AvgIpc) is 2.99. The van der Waals surface area contributed by atoms with Crippen molar-refractivity contribution >= 4 is 5.91 Å². The summed E-state index contributed by atoms with van der Waals surface area (Å²) in [7, 11) is 0. The lowest BCUT2D eigenvalue weighted by Gasteiger charge is -2.35. The zero-order chi connectivity index (χ0) is 17.8. The Balaban J connectivity index is 1.52. The quantitative estimate of drug-likeness (QED) is 0.907. The highest BCUT2D eigenvalue weighted by Crippen LogP contribution is 2.15. The van der Waals surface area contributed by atoms with Crippen LogP contribution in [0.5, 0.6) is 0 Å². The summed E-state index contributed by atoms with van der Waals surface area (Å²) < 4.78 is 11.0. The summed E-state index contributed by atoms with van der Waals surface area (Å²) in [6, 6.07) is 10.2. The summed E-state index contributed by atoms with van der Waals surface area (Å²) in [6.45, 7) is 9.45. The number of carbonyl (C=O) groups excluding carboxylic acids is 1. The minimum absolute atomic E-state index is 0.178. The Morgan fingerprint density at radius 3 is 2.36 bits per heavy atom. The first-order valence-electron chi connectivity index (χ1n) is 8.79. The van der Waals surface area contributed by atoms with E-state index >= 15 is 0 Å². The first kappa shape index (κ1) is 17.7. The zero-order valence-corrected chi connectivity index (χ0v) is 15.1. The fourth-order valence-electron chi connectivity index (χ4n) is 3.30. The van der Waals surface area contributed by atoms with Crippen molar-refractivity contribution < 1.29 is 13.9 Å². The predicted molar refractivity (Wildman–Crippen MR) is 96.3 cm³/mol. The van der Waals surface area contributed by atoms with Crippen molar-refractivity contribution in [3.8, 4) is 0 Å². The molecule has 1 aliphatic rings. The maximum Gasteiger partial charge on any atom is 0.287 e. The van der Waals surface area contributed by atoms with E-state index in [4.69, 9.17) is 9.15 Å². The van der Waals surface area contributed by atoms with Gasteiger partial charge < -0.3 is 14.5 Å². The Hall–Kier alpha value is -2.11. The van der Waals surface area contributed by atoms with E-state index in [1.165, 1.54) is 11.8 Å². The lowest BCUT2D eigenvalue weighted by Crippen LogP contribution is -2.44. The number of furan rings is 1. The van der Waals surface area contributed by atoms with E-state index < -0.39 is 0 Å². The van der Waals surface area contributed by atoms with Gasteiger partial charge in [-0.1, -0.05) is 24.3 Å². The molecule has 1 N–H and O–H groups in total. The molecule has 0 radical (unpaired) electrons. The van der Waals surface area contributed by atoms with E-state index in [-0.39, 0.29) is 18.1 Å².